The molecule has 7 nitrogen and oxygen atoms in total. The SMILES string of the molecule is CS(=O)(=O)c1ccccc1-c1ccc(NC(=O)C2(NC(=O)Nc3ccc(Cl)cc3)CC2)c(C(F)(F)F)c1. The van der Waals surface area contributed by atoms with E-state index in [1.807, 2.05) is 0 Å². The van der Waals surface area contributed by atoms with Crippen molar-refractivity contribution in [3.05, 3.63) is 77.3 Å². The molecule has 0 aliphatic heterocycles. The average molecular weight is 552 g/mol. The number of hydrogen-bond donors (Lipinski definition) is 3. The summed E-state index contributed by atoms with van der Waals surface area (Å²) in [4.78, 5) is 25.2. The normalized spacial score (nSPS) is 14.5. The molecule has 1 fully saturated rings. The Morgan fingerprint density at radius 2 is 1.59 bits per heavy atom. The Hall–Kier alpha value is -3.57. The zero-order valence-electron chi connectivity index (χ0n) is 19.3. The lowest BCUT2D eigenvalue weighted by Crippen LogP contribution is -2.48. The maximum atomic E-state index is 14.0. The largest absolute Gasteiger partial charge is 0.418 e. The van der Waals surface area contributed by atoms with Gasteiger partial charge in [0.2, 0.25) is 5.91 Å². The number of rotatable bonds is 6. The van der Waals surface area contributed by atoms with Gasteiger partial charge in [0, 0.05) is 22.5 Å². The lowest BCUT2D eigenvalue weighted by Gasteiger charge is -2.20. The lowest BCUT2D eigenvalue weighted by atomic mass is 10.0. The van der Waals surface area contributed by atoms with Gasteiger partial charge in [-0.25, -0.2) is 13.2 Å². The van der Waals surface area contributed by atoms with Gasteiger partial charge in [-0.2, -0.15) is 13.2 Å². The minimum absolute atomic E-state index is 0.0213. The molecule has 194 valence electrons. The van der Waals surface area contributed by atoms with Gasteiger partial charge in [-0.3, -0.25) is 4.79 Å². The number of anilines is 2. The van der Waals surface area contributed by atoms with Crippen molar-refractivity contribution in [1.29, 1.82) is 0 Å². The first kappa shape index (κ1) is 26.5. The number of hydrogen-bond acceptors (Lipinski definition) is 4. The highest BCUT2D eigenvalue weighted by Gasteiger charge is 2.51. The molecule has 3 aromatic rings. The quantitative estimate of drug-likeness (QED) is 0.364. The van der Waals surface area contributed by atoms with Crippen LogP contribution in [0.15, 0.2) is 71.6 Å². The molecule has 12 heteroatoms. The molecule has 0 bridgehead atoms. The van der Waals surface area contributed by atoms with E-state index in [1.165, 1.54) is 30.3 Å². The van der Waals surface area contributed by atoms with Crippen LogP contribution in [0.2, 0.25) is 5.02 Å². The number of amides is 3. The Balaban J connectivity index is 1.57. The second-order valence-corrected chi connectivity index (χ2v) is 11.1. The number of carbonyl (C=O) groups excluding carboxylic acids is 2. The first-order valence-corrected chi connectivity index (χ1v) is 13.2. The van der Waals surface area contributed by atoms with Crippen molar-refractivity contribution in [2.75, 3.05) is 16.9 Å². The fraction of sp³-hybridized carbons (Fsp3) is 0.200. The van der Waals surface area contributed by atoms with Crippen LogP contribution >= 0.6 is 11.6 Å². The molecule has 0 spiro atoms. The van der Waals surface area contributed by atoms with E-state index in [0.29, 0.717) is 10.7 Å². The van der Waals surface area contributed by atoms with Crippen LogP contribution in [-0.2, 0) is 20.8 Å². The summed E-state index contributed by atoms with van der Waals surface area (Å²) >= 11 is 5.81. The topological polar surface area (TPSA) is 104 Å². The van der Waals surface area contributed by atoms with Gasteiger partial charge >= 0.3 is 12.2 Å². The summed E-state index contributed by atoms with van der Waals surface area (Å²) in [6.07, 6.45) is -3.40. The lowest BCUT2D eigenvalue weighted by molar-refractivity contribution is -0.137. The average Bonchev–Trinajstić information content (AvgIpc) is 3.60. The molecule has 1 saturated carbocycles. The molecular weight excluding hydrogens is 531 g/mol. The Bertz CT molecular complexity index is 1470. The number of urea groups is 1. The number of carbonyl (C=O) groups is 2. The molecule has 1 aliphatic rings. The maximum absolute atomic E-state index is 14.0. The van der Waals surface area contributed by atoms with Crippen LogP contribution in [-0.4, -0.2) is 32.2 Å². The van der Waals surface area contributed by atoms with Crippen LogP contribution in [0.5, 0.6) is 0 Å². The number of benzene rings is 3. The smallest absolute Gasteiger partial charge is 0.323 e. The number of sulfone groups is 1. The highest BCUT2D eigenvalue weighted by Crippen LogP contribution is 2.41. The summed E-state index contributed by atoms with van der Waals surface area (Å²) in [5.74, 6) is -0.798. The maximum Gasteiger partial charge on any atom is 0.418 e. The fourth-order valence-corrected chi connectivity index (χ4v) is 4.81. The predicted octanol–water partition coefficient (Wildman–Crippen LogP) is 5.72. The van der Waals surface area contributed by atoms with Gasteiger partial charge in [-0.05, 0) is 60.9 Å². The highest BCUT2D eigenvalue weighted by molar-refractivity contribution is 7.90. The van der Waals surface area contributed by atoms with Crippen molar-refractivity contribution in [2.45, 2.75) is 29.5 Å². The molecule has 4 rings (SSSR count). The van der Waals surface area contributed by atoms with E-state index < -0.39 is 44.7 Å². The highest BCUT2D eigenvalue weighted by atomic mass is 35.5. The molecule has 0 saturated heterocycles. The summed E-state index contributed by atoms with van der Waals surface area (Å²) < 4.78 is 66.2. The van der Waals surface area contributed by atoms with Crippen LogP contribution in [0.4, 0.5) is 29.3 Å². The summed E-state index contributed by atoms with van der Waals surface area (Å²) in [6.45, 7) is 0. The van der Waals surface area contributed by atoms with Gasteiger partial charge in [-0.1, -0.05) is 35.9 Å². The molecule has 0 heterocycles. The van der Waals surface area contributed by atoms with Gasteiger partial charge in [0.15, 0.2) is 9.84 Å². The molecule has 3 aromatic carbocycles. The summed E-state index contributed by atoms with van der Waals surface area (Å²) in [7, 11) is -3.71. The van der Waals surface area contributed by atoms with Gasteiger partial charge in [0.1, 0.15) is 5.54 Å². The van der Waals surface area contributed by atoms with Crippen LogP contribution in [0.25, 0.3) is 11.1 Å². The van der Waals surface area contributed by atoms with Crippen molar-refractivity contribution >= 4 is 44.8 Å². The Morgan fingerprint density at radius 3 is 2.19 bits per heavy atom. The van der Waals surface area contributed by atoms with Crippen LogP contribution in [0.3, 0.4) is 0 Å². The molecule has 0 aromatic heterocycles. The van der Waals surface area contributed by atoms with Gasteiger partial charge in [-0.15, -0.1) is 0 Å². The standard InChI is InChI=1S/C25H21ClF3N3O4S/c1-37(35,36)21-5-3-2-4-18(21)15-6-11-20(19(14-15)25(27,28)29)31-22(33)24(12-13-24)32-23(34)30-17-9-7-16(26)8-10-17/h2-11,14H,12-13H2,1H3,(H,31,33)(H2,30,32,34). The van der Waals surface area contributed by atoms with Crippen molar-refractivity contribution in [3.63, 3.8) is 0 Å². The van der Waals surface area contributed by atoms with E-state index in [0.717, 1.165) is 18.4 Å². The van der Waals surface area contributed by atoms with Gasteiger partial charge < -0.3 is 16.0 Å². The van der Waals surface area contributed by atoms with E-state index in [-0.39, 0.29) is 28.9 Å². The van der Waals surface area contributed by atoms with Gasteiger partial charge in [0.25, 0.3) is 0 Å². The van der Waals surface area contributed by atoms with E-state index in [1.54, 1.807) is 24.3 Å². The van der Waals surface area contributed by atoms with Crippen LogP contribution < -0.4 is 16.0 Å². The first-order chi connectivity index (χ1) is 17.3. The molecule has 1 aliphatic carbocycles. The minimum atomic E-state index is -4.85. The molecule has 37 heavy (non-hydrogen) atoms. The van der Waals surface area contributed by atoms with E-state index in [9.17, 15) is 31.2 Å². The third-order valence-electron chi connectivity index (χ3n) is 5.81. The second-order valence-electron chi connectivity index (χ2n) is 8.65. The van der Waals surface area contributed by atoms with Crippen LogP contribution in [0, 0.1) is 0 Å². The molecule has 0 radical (unpaired) electrons. The summed E-state index contributed by atoms with van der Waals surface area (Å²) in [6, 6.07) is 14.4. The van der Waals surface area contributed by atoms with Crippen molar-refractivity contribution in [2.24, 2.45) is 0 Å². The molecule has 3 N–H and O–H groups in total. The second kappa shape index (κ2) is 9.71. The number of nitrogens with one attached hydrogen (secondary N) is 3. The zero-order chi connectivity index (χ0) is 27.0. The third kappa shape index (κ3) is 6.05. The van der Waals surface area contributed by atoms with Crippen molar-refractivity contribution in [1.82, 2.24) is 5.32 Å². The van der Waals surface area contributed by atoms with Crippen molar-refractivity contribution in [3.8, 4) is 11.1 Å². The minimum Gasteiger partial charge on any atom is -0.323 e. The molecule has 3 amide bonds. The van der Waals surface area contributed by atoms with E-state index >= 15 is 0 Å². The summed E-state index contributed by atoms with van der Waals surface area (Å²) in [5.41, 5.74) is -2.48. The molecule has 0 atom stereocenters. The molecular formula is C25H21ClF3N3O4S. The van der Waals surface area contributed by atoms with Crippen LogP contribution in [0.1, 0.15) is 18.4 Å². The van der Waals surface area contributed by atoms with E-state index in [4.69, 9.17) is 11.6 Å². The Morgan fingerprint density at radius 1 is 0.946 bits per heavy atom. The first-order valence-electron chi connectivity index (χ1n) is 11.0. The Kier molecular flexibility index (Phi) is 6.95. The number of halogens is 4. The van der Waals surface area contributed by atoms with Gasteiger partial charge in [0.05, 0.1) is 16.1 Å². The predicted molar refractivity (Wildman–Crippen MR) is 134 cm³/mol. The number of alkyl halides is 3. The van der Waals surface area contributed by atoms with Crippen molar-refractivity contribution < 1.29 is 31.2 Å². The summed E-state index contributed by atoms with van der Waals surface area (Å²) in [5, 5.41) is 7.82. The molecule has 0 unspecified atom stereocenters. The monoisotopic (exact) mass is 551 g/mol. The Labute approximate surface area is 215 Å². The zero-order valence-corrected chi connectivity index (χ0v) is 20.9. The third-order valence-corrected chi connectivity index (χ3v) is 7.22. The van der Waals surface area contributed by atoms with E-state index in [2.05, 4.69) is 16.0 Å². The fourth-order valence-electron chi connectivity index (χ4n) is 3.77.